The first-order valence-electron chi connectivity index (χ1n) is 5.14. The Morgan fingerprint density at radius 3 is 2.58 bits per heavy atom. The van der Waals surface area contributed by atoms with Gasteiger partial charge in [0, 0.05) is 12.6 Å². The molecule has 0 aliphatic heterocycles. The van der Waals surface area contributed by atoms with Gasteiger partial charge in [-0.3, -0.25) is 4.90 Å². The number of nitrogens with zero attached hydrogens (tertiary/aromatic N) is 1. The standard InChI is InChI=1S/C10H21NO/c1-3-11(7-8-12)10-6-4-5-9(10)2/h9-10,12H,3-8H2,1-2H3/t9-,10-/m0/s1. The second-order valence-electron chi connectivity index (χ2n) is 3.83. The molecule has 0 aromatic rings. The molecule has 2 heteroatoms. The molecule has 1 saturated carbocycles. The van der Waals surface area contributed by atoms with Crippen LogP contribution in [0.2, 0.25) is 0 Å². The molecule has 1 fully saturated rings. The fraction of sp³-hybridized carbons (Fsp3) is 1.00. The second kappa shape index (κ2) is 4.83. The lowest BCUT2D eigenvalue weighted by atomic mass is 10.0. The third kappa shape index (κ3) is 2.20. The number of likely N-dealkylation sites (N-methyl/N-ethyl adjacent to an activating group) is 1. The van der Waals surface area contributed by atoms with Gasteiger partial charge in [0.2, 0.25) is 0 Å². The molecule has 0 unspecified atom stereocenters. The maximum atomic E-state index is 8.87. The molecule has 1 N–H and O–H groups in total. The number of rotatable bonds is 4. The van der Waals surface area contributed by atoms with Gasteiger partial charge in [-0.1, -0.05) is 20.3 Å². The van der Waals surface area contributed by atoms with Gasteiger partial charge in [0.25, 0.3) is 0 Å². The van der Waals surface area contributed by atoms with E-state index < -0.39 is 0 Å². The van der Waals surface area contributed by atoms with Crippen molar-refractivity contribution in [1.29, 1.82) is 0 Å². The minimum absolute atomic E-state index is 0.303. The average Bonchev–Trinajstić information content (AvgIpc) is 2.47. The summed E-state index contributed by atoms with van der Waals surface area (Å²) in [7, 11) is 0. The summed E-state index contributed by atoms with van der Waals surface area (Å²) in [6.45, 7) is 6.75. The van der Waals surface area contributed by atoms with E-state index >= 15 is 0 Å². The van der Waals surface area contributed by atoms with E-state index in [1.54, 1.807) is 0 Å². The largest absolute Gasteiger partial charge is 0.395 e. The third-order valence-electron chi connectivity index (χ3n) is 3.08. The minimum atomic E-state index is 0.303. The Morgan fingerprint density at radius 1 is 1.42 bits per heavy atom. The summed E-state index contributed by atoms with van der Waals surface area (Å²) in [6.07, 6.45) is 4.06. The zero-order chi connectivity index (χ0) is 8.97. The molecular formula is C10H21NO. The zero-order valence-electron chi connectivity index (χ0n) is 8.29. The molecule has 2 atom stereocenters. The Morgan fingerprint density at radius 2 is 2.17 bits per heavy atom. The summed E-state index contributed by atoms with van der Waals surface area (Å²) in [6, 6.07) is 0.738. The van der Waals surface area contributed by atoms with Crippen LogP contribution in [-0.2, 0) is 0 Å². The van der Waals surface area contributed by atoms with Gasteiger partial charge in [0.1, 0.15) is 0 Å². The van der Waals surface area contributed by atoms with Gasteiger partial charge in [0.05, 0.1) is 6.61 Å². The van der Waals surface area contributed by atoms with Gasteiger partial charge < -0.3 is 5.11 Å². The lowest BCUT2D eigenvalue weighted by Crippen LogP contribution is -2.38. The van der Waals surface area contributed by atoms with E-state index in [2.05, 4.69) is 18.7 Å². The Kier molecular flexibility index (Phi) is 4.02. The van der Waals surface area contributed by atoms with E-state index in [-0.39, 0.29) is 0 Å². The second-order valence-corrected chi connectivity index (χ2v) is 3.83. The van der Waals surface area contributed by atoms with Crippen molar-refractivity contribution in [2.75, 3.05) is 19.7 Å². The molecule has 0 aromatic heterocycles. The fourth-order valence-corrected chi connectivity index (χ4v) is 2.36. The SMILES string of the molecule is CCN(CCO)[C@H]1CCC[C@@H]1C. The highest BCUT2D eigenvalue weighted by molar-refractivity contribution is 4.82. The first-order valence-corrected chi connectivity index (χ1v) is 5.14. The smallest absolute Gasteiger partial charge is 0.0558 e. The number of hydrogen-bond donors (Lipinski definition) is 1. The quantitative estimate of drug-likeness (QED) is 0.692. The molecule has 1 aliphatic rings. The monoisotopic (exact) mass is 171 g/mol. The van der Waals surface area contributed by atoms with Crippen LogP contribution in [0.5, 0.6) is 0 Å². The maximum Gasteiger partial charge on any atom is 0.0558 e. The predicted octanol–water partition coefficient (Wildman–Crippen LogP) is 1.49. The number of aliphatic hydroxyl groups excluding tert-OH is 1. The first-order chi connectivity index (χ1) is 5.79. The summed E-state index contributed by atoms with van der Waals surface area (Å²) < 4.78 is 0. The van der Waals surface area contributed by atoms with Crippen LogP contribution < -0.4 is 0 Å². The number of aliphatic hydroxyl groups is 1. The molecule has 0 heterocycles. The van der Waals surface area contributed by atoms with Gasteiger partial charge in [-0.2, -0.15) is 0 Å². The molecule has 2 nitrogen and oxygen atoms in total. The normalized spacial score (nSPS) is 30.0. The van der Waals surface area contributed by atoms with Crippen LogP contribution >= 0.6 is 0 Å². The topological polar surface area (TPSA) is 23.5 Å². The van der Waals surface area contributed by atoms with E-state index in [1.165, 1.54) is 19.3 Å². The Hall–Kier alpha value is -0.0800. The average molecular weight is 171 g/mol. The molecular weight excluding hydrogens is 150 g/mol. The minimum Gasteiger partial charge on any atom is -0.395 e. The summed E-state index contributed by atoms with van der Waals surface area (Å²) in [4.78, 5) is 2.41. The van der Waals surface area contributed by atoms with Crippen LogP contribution in [0.1, 0.15) is 33.1 Å². The summed E-state index contributed by atoms with van der Waals surface area (Å²) >= 11 is 0. The Labute approximate surface area is 75.6 Å². The van der Waals surface area contributed by atoms with Crippen molar-refractivity contribution in [3.63, 3.8) is 0 Å². The van der Waals surface area contributed by atoms with Gasteiger partial charge >= 0.3 is 0 Å². The molecule has 1 rings (SSSR count). The fourth-order valence-electron chi connectivity index (χ4n) is 2.36. The molecule has 72 valence electrons. The van der Waals surface area contributed by atoms with Crippen molar-refractivity contribution in [3.8, 4) is 0 Å². The van der Waals surface area contributed by atoms with E-state index in [4.69, 9.17) is 5.11 Å². The Bertz CT molecular complexity index is 127. The molecule has 0 radical (unpaired) electrons. The van der Waals surface area contributed by atoms with Crippen LogP contribution in [-0.4, -0.2) is 35.7 Å². The zero-order valence-corrected chi connectivity index (χ0v) is 8.29. The van der Waals surface area contributed by atoms with Crippen molar-refractivity contribution < 1.29 is 5.11 Å². The summed E-state index contributed by atoms with van der Waals surface area (Å²) in [5, 5.41) is 8.87. The summed E-state index contributed by atoms with van der Waals surface area (Å²) in [5.74, 6) is 0.830. The highest BCUT2D eigenvalue weighted by atomic mass is 16.3. The van der Waals surface area contributed by atoms with Gasteiger partial charge in [0.15, 0.2) is 0 Å². The Balaban J connectivity index is 2.41. The van der Waals surface area contributed by atoms with Crippen molar-refractivity contribution in [2.45, 2.75) is 39.2 Å². The molecule has 12 heavy (non-hydrogen) atoms. The van der Waals surface area contributed by atoms with Crippen LogP contribution in [0, 0.1) is 5.92 Å². The molecule has 0 amide bonds. The molecule has 0 aromatic carbocycles. The molecule has 1 aliphatic carbocycles. The van der Waals surface area contributed by atoms with Crippen LogP contribution in [0.4, 0.5) is 0 Å². The van der Waals surface area contributed by atoms with Gasteiger partial charge in [-0.05, 0) is 25.3 Å². The lowest BCUT2D eigenvalue weighted by molar-refractivity contribution is 0.137. The number of hydrogen-bond acceptors (Lipinski definition) is 2. The van der Waals surface area contributed by atoms with Crippen LogP contribution in [0.3, 0.4) is 0 Å². The first kappa shape index (κ1) is 10.0. The van der Waals surface area contributed by atoms with Crippen molar-refractivity contribution in [1.82, 2.24) is 4.90 Å². The van der Waals surface area contributed by atoms with E-state index in [9.17, 15) is 0 Å². The summed E-state index contributed by atoms with van der Waals surface area (Å²) in [5.41, 5.74) is 0. The molecule has 0 spiro atoms. The van der Waals surface area contributed by atoms with E-state index in [0.29, 0.717) is 6.61 Å². The highest BCUT2D eigenvalue weighted by Crippen LogP contribution is 2.28. The van der Waals surface area contributed by atoms with Crippen LogP contribution in [0.15, 0.2) is 0 Å². The molecule has 0 saturated heterocycles. The van der Waals surface area contributed by atoms with Crippen molar-refractivity contribution >= 4 is 0 Å². The highest BCUT2D eigenvalue weighted by Gasteiger charge is 2.27. The van der Waals surface area contributed by atoms with Gasteiger partial charge in [-0.25, -0.2) is 0 Å². The van der Waals surface area contributed by atoms with E-state index in [0.717, 1.165) is 25.0 Å². The van der Waals surface area contributed by atoms with Crippen molar-refractivity contribution in [3.05, 3.63) is 0 Å². The van der Waals surface area contributed by atoms with Crippen LogP contribution in [0.25, 0.3) is 0 Å². The maximum absolute atomic E-state index is 8.87. The molecule has 0 bridgehead atoms. The third-order valence-corrected chi connectivity index (χ3v) is 3.08. The van der Waals surface area contributed by atoms with E-state index in [1.807, 2.05) is 0 Å². The predicted molar refractivity (Wildman–Crippen MR) is 51.1 cm³/mol. The van der Waals surface area contributed by atoms with Gasteiger partial charge in [-0.15, -0.1) is 0 Å². The lowest BCUT2D eigenvalue weighted by Gasteiger charge is -2.29. The van der Waals surface area contributed by atoms with Crippen molar-refractivity contribution in [2.24, 2.45) is 5.92 Å².